The van der Waals surface area contributed by atoms with E-state index in [-0.39, 0.29) is 12.2 Å². The first kappa shape index (κ1) is 18.0. The monoisotopic (exact) mass is 413 g/mol. The summed E-state index contributed by atoms with van der Waals surface area (Å²) in [5, 5.41) is 9.06. The fourth-order valence-electron chi connectivity index (χ4n) is 1.62. The first-order valence-electron chi connectivity index (χ1n) is 6.47. The Morgan fingerprint density at radius 2 is 2.23 bits per heavy atom. The number of carbonyl (C=O) groups excluding carboxylic acids is 1. The van der Waals surface area contributed by atoms with Gasteiger partial charge < -0.3 is 14.2 Å². The summed E-state index contributed by atoms with van der Waals surface area (Å²) in [6.45, 7) is 5.86. The van der Waals surface area contributed by atoms with E-state index < -0.39 is 5.97 Å². The fourth-order valence-corrected chi connectivity index (χ4v) is 2.40. The number of nitrogens with zero attached hydrogens (tertiary/aromatic N) is 1. The molecule has 0 aliphatic rings. The van der Waals surface area contributed by atoms with E-state index >= 15 is 0 Å². The molecule has 0 spiro atoms. The van der Waals surface area contributed by atoms with Gasteiger partial charge in [-0.1, -0.05) is 12.7 Å². The maximum atomic E-state index is 11.6. The highest BCUT2D eigenvalue weighted by molar-refractivity contribution is 14.1. The van der Waals surface area contributed by atoms with E-state index in [1.165, 1.54) is 13.2 Å². The molecule has 1 aromatic carbocycles. The van der Waals surface area contributed by atoms with Crippen LogP contribution in [0.15, 0.2) is 30.4 Å². The third-order valence-electron chi connectivity index (χ3n) is 2.52. The Kier molecular flexibility index (Phi) is 7.46. The van der Waals surface area contributed by atoms with Crippen molar-refractivity contribution in [3.05, 3.63) is 39.5 Å². The molecule has 0 atom stereocenters. The maximum Gasteiger partial charge on any atom is 0.348 e. The number of halogens is 1. The van der Waals surface area contributed by atoms with Gasteiger partial charge in [0.2, 0.25) is 0 Å². The molecule has 1 aromatic rings. The number of hydrogen-bond acceptors (Lipinski definition) is 5. The Balaban J connectivity index is 3.21. The number of ether oxygens (including phenoxy) is 3. The van der Waals surface area contributed by atoms with Crippen molar-refractivity contribution in [1.82, 2.24) is 0 Å². The average Bonchev–Trinajstić information content (AvgIpc) is 2.51. The Hall–Kier alpha value is -2.01. The molecule has 0 fully saturated rings. The lowest BCUT2D eigenvalue weighted by atomic mass is 10.1. The normalized spacial score (nSPS) is 10.5. The van der Waals surface area contributed by atoms with Crippen LogP contribution >= 0.6 is 22.6 Å². The average molecular weight is 413 g/mol. The van der Waals surface area contributed by atoms with E-state index in [0.29, 0.717) is 23.7 Å². The number of nitriles is 1. The van der Waals surface area contributed by atoms with Crippen molar-refractivity contribution < 1.29 is 19.0 Å². The second kappa shape index (κ2) is 9.10. The Bertz CT molecular complexity index is 632. The van der Waals surface area contributed by atoms with Gasteiger partial charge in [-0.25, -0.2) is 4.79 Å². The highest BCUT2D eigenvalue weighted by atomic mass is 127. The number of hydrogen-bond donors (Lipinski definition) is 0. The molecule has 0 aliphatic heterocycles. The lowest BCUT2D eigenvalue weighted by molar-refractivity contribution is -0.137. The van der Waals surface area contributed by atoms with Gasteiger partial charge in [-0.3, -0.25) is 0 Å². The second-order valence-electron chi connectivity index (χ2n) is 4.02. The third kappa shape index (κ3) is 4.77. The van der Waals surface area contributed by atoms with E-state index in [1.807, 2.05) is 6.07 Å². The summed E-state index contributed by atoms with van der Waals surface area (Å²) < 4.78 is 16.5. The largest absolute Gasteiger partial charge is 0.493 e. The zero-order valence-electron chi connectivity index (χ0n) is 12.4. The molecule has 0 amide bonds. The van der Waals surface area contributed by atoms with Crippen LogP contribution in [0.4, 0.5) is 0 Å². The highest BCUT2D eigenvalue weighted by Gasteiger charge is 2.14. The summed E-state index contributed by atoms with van der Waals surface area (Å²) in [6.07, 6.45) is 3.10. The lowest BCUT2D eigenvalue weighted by Gasteiger charge is -2.12. The van der Waals surface area contributed by atoms with Crippen LogP contribution in [-0.2, 0) is 9.53 Å². The lowest BCUT2D eigenvalue weighted by Crippen LogP contribution is -2.06. The molecule has 0 bridgehead atoms. The van der Waals surface area contributed by atoms with Crippen LogP contribution in [0.5, 0.6) is 11.5 Å². The van der Waals surface area contributed by atoms with Crippen LogP contribution in [0.3, 0.4) is 0 Å². The molecular formula is C16H16INO4. The maximum absolute atomic E-state index is 11.6. The minimum absolute atomic E-state index is 0.0699. The zero-order valence-corrected chi connectivity index (χ0v) is 14.5. The number of carbonyl (C=O) groups is 1. The molecule has 0 saturated heterocycles. The van der Waals surface area contributed by atoms with Crippen molar-refractivity contribution >= 4 is 34.6 Å². The van der Waals surface area contributed by atoms with Gasteiger partial charge in [0.15, 0.2) is 11.5 Å². The van der Waals surface area contributed by atoms with Gasteiger partial charge in [-0.15, -0.1) is 0 Å². The van der Waals surface area contributed by atoms with Crippen LogP contribution < -0.4 is 9.47 Å². The van der Waals surface area contributed by atoms with Crippen molar-refractivity contribution in [2.24, 2.45) is 0 Å². The summed E-state index contributed by atoms with van der Waals surface area (Å²) in [6, 6.07) is 5.32. The van der Waals surface area contributed by atoms with Gasteiger partial charge in [0, 0.05) is 0 Å². The van der Waals surface area contributed by atoms with Gasteiger partial charge in [0.25, 0.3) is 0 Å². The number of methoxy groups -OCH3 is 1. The summed E-state index contributed by atoms with van der Waals surface area (Å²) in [7, 11) is 1.52. The molecule has 0 unspecified atom stereocenters. The minimum Gasteiger partial charge on any atom is -0.493 e. The van der Waals surface area contributed by atoms with Crippen LogP contribution in [0.1, 0.15) is 12.5 Å². The van der Waals surface area contributed by atoms with E-state index in [9.17, 15) is 4.79 Å². The Morgan fingerprint density at radius 3 is 2.77 bits per heavy atom. The van der Waals surface area contributed by atoms with Crippen LogP contribution in [0.2, 0.25) is 0 Å². The zero-order chi connectivity index (χ0) is 16.5. The van der Waals surface area contributed by atoms with Crippen LogP contribution in [0, 0.1) is 14.9 Å². The fraction of sp³-hybridized carbons (Fsp3) is 0.250. The van der Waals surface area contributed by atoms with Gasteiger partial charge in [-0.2, -0.15) is 5.26 Å². The van der Waals surface area contributed by atoms with Crippen molar-refractivity contribution in [2.45, 2.75) is 6.92 Å². The molecule has 0 aromatic heterocycles. The minimum atomic E-state index is -0.647. The summed E-state index contributed by atoms with van der Waals surface area (Å²) in [5.41, 5.74) is 0.580. The first-order chi connectivity index (χ1) is 10.6. The van der Waals surface area contributed by atoms with Crippen LogP contribution in [0.25, 0.3) is 6.08 Å². The van der Waals surface area contributed by atoms with Crippen LogP contribution in [-0.4, -0.2) is 26.3 Å². The van der Waals surface area contributed by atoms with Crippen molar-refractivity contribution in [1.29, 1.82) is 5.26 Å². The molecule has 0 radical (unpaired) electrons. The molecule has 116 valence electrons. The molecule has 0 N–H and O–H groups in total. The van der Waals surface area contributed by atoms with Gasteiger partial charge in [0.05, 0.1) is 17.3 Å². The number of rotatable bonds is 7. The van der Waals surface area contributed by atoms with Crippen molar-refractivity contribution in [2.75, 3.05) is 20.3 Å². The Morgan fingerprint density at radius 1 is 1.50 bits per heavy atom. The molecule has 1 rings (SSSR count). The molecular weight excluding hydrogens is 397 g/mol. The molecule has 0 saturated carbocycles. The van der Waals surface area contributed by atoms with Crippen molar-refractivity contribution in [3.8, 4) is 17.6 Å². The molecule has 22 heavy (non-hydrogen) atoms. The Labute approximate surface area is 143 Å². The first-order valence-corrected chi connectivity index (χ1v) is 7.55. The number of benzene rings is 1. The third-order valence-corrected chi connectivity index (χ3v) is 3.33. The predicted octanol–water partition coefficient (Wildman–Crippen LogP) is 3.33. The summed E-state index contributed by atoms with van der Waals surface area (Å²) in [5.74, 6) is 0.460. The summed E-state index contributed by atoms with van der Waals surface area (Å²) in [4.78, 5) is 11.6. The van der Waals surface area contributed by atoms with E-state index in [0.717, 1.165) is 3.57 Å². The second-order valence-corrected chi connectivity index (χ2v) is 5.19. The molecule has 6 heteroatoms. The van der Waals surface area contributed by atoms with E-state index in [2.05, 4.69) is 29.2 Å². The van der Waals surface area contributed by atoms with Crippen molar-refractivity contribution in [3.63, 3.8) is 0 Å². The van der Waals surface area contributed by atoms with E-state index in [4.69, 9.17) is 19.5 Å². The topological polar surface area (TPSA) is 68.5 Å². The molecule has 5 nitrogen and oxygen atoms in total. The van der Waals surface area contributed by atoms with Gasteiger partial charge in [0.1, 0.15) is 18.2 Å². The summed E-state index contributed by atoms with van der Waals surface area (Å²) >= 11 is 2.10. The van der Waals surface area contributed by atoms with Gasteiger partial charge in [-0.05, 0) is 53.3 Å². The number of esters is 1. The molecule has 0 aliphatic carbocycles. The quantitative estimate of drug-likeness (QED) is 0.226. The molecule has 0 heterocycles. The standard InChI is InChI=1S/C16H16INO4/c1-4-6-22-15-13(17)8-11(9-14(15)20-3)7-12(10-18)16(19)21-5-2/h4,7-9H,1,5-6H2,2-3H3. The van der Waals surface area contributed by atoms with E-state index in [1.54, 1.807) is 25.1 Å². The van der Waals surface area contributed by atoms with Gasteiger partial charge >= 0.3 is 5.97 Å². The highest BCUT2D eigenvalue weighted by Crippen LogP contribution is 2.34. The smallest absolute Gasteiger partial charge is 0.348 e. The SMILES string of the molecule is C=CCOc1c(I)cc(C=C(C#N)C(=O)OCC)cc1OC. The predicted molar refractivity (Wildman–Crippen MR) is 91.6 cm³/mol.